The van der Waals surface area contributed by atoms with Crippen LogP contribution in [0.5, 0.6) is 0 Å². The van der Waals surface area contributed by atoms with Gasteiger partial charge in [0.2, 0.25) is 5.91 Å². The average Bonchev–Trinajstić information content (AvgIpc) is 2.62. The maximum atomic E-state index is 12.0. The molecule has 2 rings (SSSR count). The maximum absolute atomic E-state index is 12.0. The van der Waals surface area contributed by atoms with Crippen molar-refractivity contribution in [2.75, 3.05) is 18.4 Å². The maximum Gasteiger partial charge on any atom is 0.275 e. The molecule has 5 nitrogen and oxygen atoms in total. The van der Waals surface area contributed by atoms with Crippen LogP contribution in [0.25, 0.3) is 0 Å². The number of anilines is 1. The van der Waals surface area contributed by atoms with Gasteiger partial charge in [-0.05, 0) is 37.6 Å². The number of halogens is 2. The van der Waals surface area contributed by atoms with Gasteiger partial charge in [-0.25, -0.2) is 0 Å². The molecule has 0 aliphatic heterocycles. The summed E-state index contributed by atoms with van der Waals surface area (Å²) >= 11 is 12.2. The molecule has 138 valence electrons. The Labute approximate surface area is 163 Å². The SMILES string of the molecule is Cc1c(Cl)cccc1NC(=O)CNC(=O)C[NH2+][C@H](C)c1ccccc1Cl. The number of nitrogens with one attached hydrogen (secondary N) is 2. The van der Waals surface area contributed by atoms with Gasteiger partial charge in [0, 0.05) is 21.3 Å². The first kappa shape index (κ1) is 20.2. The Morgan fingerprint density at radius 3 is 2.46 bits per heavy atom. The van der Waals surface area contributed by atoms with E-state index in [0.29, 0.717) is 15.7 Å². The van der Waals surface area contributed by atoms with Crippen LogP contribution < -0.4 is 16.0 Å². The zero-order valence-corrected chi connectivity index (χ0v) is 16.2. The lowest BCUT2D eigenvalue weighted by molar-refractivity contribution is -0.682. The Kier molecular flexibility index (Phi) is 7.45. The van der Waals surface area contributed by atoms with E-state index < -0.39 is 0 Å². The Bertz CT molecular complexity index is 796. The lowest BCUT2D eigenvalue weighted by atomic mass is 10.1. The first-order chi connectivity index (χ1) is 12.4. The predicted octanol–water partition coefficient (Wildman–Crippen LogP) is 2.68. The number of carbonyl (C=O) groups is 2. The summed E-state index contributed by atoms with van der Waals surface area (Å²) in [6.45, 7) is 3.90. The molecule has 2 aromatic carbocycles. The van der Waals surface area contributed by atoms with Gasteiger partial charge in [0.15, 0.2) is 6.54 Å². The summed E-state index contributed by atoms with van der Waals surface area (Å²) in [5.41, 5.74) is 2.39. The Balaban J connectivity index is 1.77. The third-order valence-electron chi connectivity index (χ3n) is 4.04. The molecule has 0 radical (unpaired) electrons. The van der Waals surface area contributed by atoms with Gasteiger partial charge in [0.25, 0.3) is 5.91 Å². The van der Waals surface area contributed by atoms with Crippen molar-refractivity contribution < 1.29 is 14.9 Å². The molecule has 1 atom stereocenters. The van der Waals surface area contributed by atoms with Gasteiger partial charge >= 0.3 is 0 Å². The number of carbonyl (C=O) groups excluding carboxylic acids is 2. The summed E-state index contributed by atoms with van der Waals surface area (Å²) in [5.74, 6) is -0.523. The Hall–Kier alpha value is -2.08. The molecule has 26 heavy (non-hydrogen) atoms. The highest BCUT2D eigenvalue weighted by atomic mass is 35.5. The van der Waals surface area contributed by atoms with Gasteiger partial charge in [-0.1, -0.05) is 47.5 Å². The summed E-state index contributed by atoms with van der Waals surface area (Å²) < 4.78 is 0. The van der Waals surface area contributed by atoms with Crippen LogP contribution >= 0.6 is 23.2 Å². The van der Waals surface area contributed by atoms with E-state index in [1.54, 1.807) is 18.2 Å². The second kappa shape index (κ2) is 9.57. The highest BCUT2D eigenvalue weighted by Crippen LogP contribution is 2.22. The van der Waals surface area contributed by atoms with Crippen molar-refractivity contribution in [1.82, 2.24) is 5.32 Å². The lowest BCUT2D eigenvalue weighted by Gasteiger charge is -2.13. The van der Waals surface area contributed by atoms with Crippen molar-refractivity contribution in [3.8, 4) is 0 Å². The fourth-order valence-electron chi connectivity index (χ4n) is 2.44. The third-order valence-corrected chi connectivity index (χ3v) is 4.79. The lowest BCUT2D eigenvalue weighted by Crippen LogP contribution is -2.87. The number of quaternary nitrogens is 1. The molecule has 0 aromatic heterocycles. The van der Waals surface area contributed by atoms with Crippen LogP contribution in [0.2, 0.25) is 10.0 Å². The normalized spacial score (nSPS) is 11.7. The Morgan fingerprint density at radius 1 is 1.04 bits per heavy atom. The molecule has 0 aliphatic carbocycles. The number of rotatable bonds is 7. The van der Waals surface area contributed by atoms with Gasteiger partial charge in [0.05, 0.1) is 6.54 Å². The van der Waals surface area contributed by atoms with Crippen LogP contribution in [0.4, 0.5) is 5.69 Å². The first-order valence-electron chi connectivity index (χ1n) is 8.28. The summed E-state index contributed by atoms with van der Waals surface area (Å²) in [5, 5.41) is 8.47. The number of nitrogens with two attached hydrogens (primary N) is 1. The van der Waals surface area contributed by atoms with Crippen LogP contribution in [-0.4, -0.2) is 24.9 Å². The summed E-state index contributed by atoms with van der Waals surface area (Å²) in [6, 6.07) is 12.8. The van der Waals surface area contributed by atoms with E-state index in [2.05, 4.69) is 10.6 Å². The quantitative estimate of drug-likeness (QED) is 0.675. The van der Waals surface area contributed by atoms with Gasteiger partial charge in [-0.15, -0.1) is 0 Å². The van der Waals surface area contributed by atoms with Crippen LogP contribution in [0, 0.1) is 6.92 Å². The van der Waals surface area contributed by atoms with Gasteiger partial charge in [0.1, 0.15) is 6.04 Å². The van der Waals surface area contributed by atoms with E-state index >= 15 is 0 Å². The van der Waals surface area contributed by atoms with Crippen molar-refractivity contribution in [2.24, 2.45) is 0 Å². The topological polar surface area (TPSA) is 74.8 Å². The molecular formula is C19H22Cl2N3O2+. The molecule has 2 amide bonds. The monoisotopic (exact) mass is 394 g/mol. The van der Waals surface area contributed by atoms with E-state index in [4.69, 9.17) is 23.2 Å². The molecule has 4 N–H and O–H groups in total. The highest BCUT2D eigenvalue weighted by Gasteiger charge is 2.15. The van der Waals surface area contributed by atoms with Crippen molar-refractivity contribution >= 4 is 40.7 Å². The fraction of sp³-hybridized carbons (Fsp3) is 0.263. The highest BCUT2D eigenvalue weighted by molar-refractivity contribution is 6.32. The molecule has 0 heterocycles. The van der Waals surface area contributed by atoms with Crippen molar-refractivity contribution in [1.29, 1.82) is 0 Å². The van der Waals surface area contributed by atoms with Gasteiger partial charge < -0.3 is 16.0 Å². The zero-order valence-electron chi connectivity index (χ0n) is 14.7. The summed E-state index contributed by atoms with van der Waals surface area (Å²) in [6.07, 6.45) is 0. The summed E-state index contributed by atoms with van der Waals surface area (Å²) in [4.78, 5) is 24.0. The molecule has 0 unspecified atom stereocenters. The smallest absolute Gasteiger partial charge is 0.275 e. The number of hydrogen-bond donors (Lipinski definition) is 3. The predicted molar refractivity (Wildman–Crippen MR) is 104 cm³/mol. The Morgan fingerprint density at radius 2 is 1.73 bits per heavy atom. The molecular weight excluding hydrogens is 373 g/mol. The van der Waals surface area contributed by atoms with E-state index in [1.165, 1.54) is 0 Å². The number of amides is 2. The van der Waals surface area contributed by atoms with E-state index in [-0.39, 0.29) is 30.9 Å². The van der Waals surface area contributed by atoms with Gasteiger partial charge in [-0.2, -0.15) is 0 Å². The second-order valence-corrected chi connectivity index (χ2v) is 6.80. The molecule has 0 aliphatic rings. The molecule has 0 bridgehead atoms. The molecule has 0 saturated carbocycles. The second-order valence-electron chi connectivity index (χ2n) is 5.99. The number of hydrogen-bond acceptors (Lipinski definition) is 2. The average molecular weight is 395 g/mol. The summed E-state index contributed by atoms with van der Waals surface area (Å²) in [7, 11) is 0. The minimum atomic E-state index is -0.303. The minimum absolute atomic E-state index is 0.0392. The van der Waals surface area contributed by atoms with Crippen LogP contribution in [-0.2, 0) is 9.59 Å². The van der Waals surface area contributed by atoms with Crippen LogP contribution in [0.1, 0.15) is 24.1 Å². The van der Waals surface area contributed by atoms with Crippen molar-refractivity contribution in [3.05, 3.63) is 63.6 Å². The largest absolute Gasteiger partial charge is 0.342 e. The van der Waals surface area contributed by atoms with Crippen LogP contribution in [0.3, 0.4) is 0 Å². The standard InChI is InChI=1S/C19H21Cl2N3O2/c1-12-15(20)8-5-9-17(12)24-19(26)11-23-18(25)10-22-13(2)14-6-3-4-7-16(14)21/h3-9,13,22H,10-11H2,1-2H3,(H,23,25)(H,24,26)/p+1/t13-/m1/s1. The molecule has 2 aromatic rings. The van der Waals surface area contributed by atoms with E-state index in [1.807, 2.05) is 43.4 Å². The third kappa shape index (κ3) is 5.73. The van der Waals surface area contributed by atoms with Crippen molar-refractivity contribution in [3.63, 3.8) is 0 Å². The van der Waals surface area contributed by atoms with E-state index in [0.717, 1.165) is 11.1 Å². The van der Waals surface area contributed by atoms with Crippen molar-refractivity contribution in [2.45, 2.75) is 19.9 Å². The fourth-order valence-corrected chi connectivity index (χ4v) is 2.93. The molecule has 0 fully saturated rings. The zero-order chi connectivity index (χ0) is 19.1. The number of benzene rings is 2. The van der Waals surface area contributed by atoms with Crippen LogP contribution in [0.15, 0.2) is 42.5 Å². The molecule has 0 saturated heterocycles. The van der Waals surface area contributed by atoms with E-state index in [9.17, 15) is 9.59 Å². The minimum Gasteiger partial charge on any atom is -0.342 e. The van der Waals surface area contributed by atoms with Gasteiger partial charge in [-0.3, -0.25) is 9.59 Å². The molecule has 0 spiro atoms. The molecule has 7 heteroatoms. The first-order valence-corrected chi connectivity index (χ1v) is 9.03.